The van der Waals surface area contributed by atoms with Gasteiger partial charge in [0.25, 0.3) is 5.91 Å². The summed E-state index contributed by atoms with van der Waals surface area (Å²) in [7, 11) is 0. The highest BCUT2D eigenvalue weighted by atomic mass is 19.4. The van der Waals surface area contributed by atoms with Crippen LogP contribution in [0.5, 0.6) is 0 Å². The van der Waals surface area contributed by atoms with Crippen LogP contribution in [0.4, 0.5) is 13.2 Å². The lowest BCUT2D eigenvalue weighted by atomic mass is 9.99. The molecule has 0 aliphatic rings. The summed E-state index contributed by atoms with van der Waals surface area (Å²) in [6.45, 7) is 1.25. The van der Waals surface area contributed by atoms with Crippen LogP contribution in [0.1, 0.15) is 34.7 Å². The second-order valence-electron chi connectivity index (χ2n) is 14.2. The third kappa shape index (κ3) is 13.0. The summed E-state index contributed by atoms with van der Waals surface area (Å²) >= 11 is 0. The second-order valence-corrected chi connectivity index (χ2v) is 14.2. The average Bonchev–Trinajstić information content (AvgIpc) is 3.23. The number of nitrogens with one attached hydrogen (secondary N) is 4. The zero-order chi connectivity index (χ0) is 43.2. The predicted molar refractivity (Wildman–Crippen MR) is 219 cm³/mol. The Balaban J connectivity index is 1.29. The van der Waals surface area contributed by atoms with E-state index in [4.69, 9.17) is 5.73 Å². The van der Waals surface area contributed by atoms with E-state index in [1.54, 1.807) is 72.8 Å². The van der Waals surface area contributed by atoms with E-state index in [1.165, 1.54) is 6.92 Å². The highest BCUT2D eigenvalue weighted by Gasteiger charge is 2.33. The number of alkyl halides is 3. The van der Waals surface area contributed by atoms with Crippen LogP contribution in [0.3, 0.4) is 0 Å². The van der Waals surface area contributed by atoms with Gasteiger partial charge < -0.3 is 27.0 Å². The van der Waals surface area contributed by atoms with Crippen LogP contribution < -0.4 is 27.0 Å². The fourth-order valence-electron chi connectivity index (χ4n) is 6.36. The van der Waals surface area contributed by atoms with E-state index in [-0.39, 0.29) is 31.2 Å². The SMILES string of the molecule is CC(NC(=O)C(Cc1ccccc1)NC(=O)Cc1ccccc1)C(=O)C(=O)NC(Cc1ccc(C(F)(F)F)cc1)C(=O)NC(Cc1ccc(-c2ccccc2)cc1)C(N)=O. The Labute approximate surface area is 345 Å². The van der Waals surface area contributed by atoms with Crippen LogP contribution in [-0.4, -0.2) is 59.5 Å². The molecule has 0 bridgehead atoms. The first-order chi connectivity index (χ1) is 28.7. The summed E-state index contributed by atoms with van der Waals surface area (Å²) in [5, 5.41) is 10.0. The van der Waals surface area contributed by atoms with Crippen molar-refractivity contribution in [2.45, 2.75) is 63.0 Å². The van der Waals surface area contributed by atoms with Crippen molar-refractivity contribution >= 4 is 35.3 Å². The predicted octanol–water partition coefficient (Wildman–Crippen LogP) is 4.66. The van der Waals surface area contributed by atoms with E-state index in [0.717, 1.165) is 35.4 Å². The lowest BCUT2D eigenvalue weighted by Gasteiger charge is -2.24. The minimum atomic E-state index is -4.63. The van der Waals surface area contributed by atoms with Crippen molar-refractivity contribution in [3.63, 3.8) is 0 Å². The highest BCUT2D eigenvalue weighted by molar-refractivity contribution is 6.38. The number of rotatable bonds is 18. The van der Waals surface area contributed by atoms with E-state index in [2.05, 4.69) is 21.3 Å². The molecule has 5 aromatic rings. The molecular weight excluding hydrogens is 776 g/mol. The van der Waals surface area contributed by atoms with Gasteiger partial charge in [0.2, 0.25) is 29.4 Å². The lowest BCUT2D eigenvalue weighted by molar-refractivity contribution is -0.141. The fourth-order valence-corrected chi connectivity index (χ4v) is 6.36. The number of halogens is 3. The molecule has 0 aliphatic carbocycles. The van der Waals surface area contributed by atoms with Gasteiger partial charge in [0.05, 0.1) is 18.0 Å². The van der Waals surface area contributed by atoms with Crippen molar-refractivity contribution in [1.82, 2.24) is 21.3 Å². The van der Waals surface area contributed by atoms with E-state index < -0.39 is 71.2 Å². The number of ketones is 1. The number of Topliss-reactive ketones (excluding diaryl/α,β-unsaturated/α-hetero) is 1. The molecule has 0 saturated carbocycles. The number of carbonyl (C=O) groups excluding carboxylic acids is 6. The van der Waals surface area contributed by atoms with Crippen molar-refractivity contribution in [3.05, 3.63) is 167 Å². The first-order valence-corrected chi connectivity index (χ1v) is 19.1. The van der Waals surface area contributed by atoms with Gasteiger partial charge >= 0.3 is 6.18 Å². The smallest absolute Gasteiger partial charge is 0.368 e. The van der Waals surface area contributed by atoms with Crippen LogP contribution in [0, 0.1) is 0 Å². The van der Waals surface area contributed by atoms with E-state index in [0.29, 0.717) is 16.7 Å². The minimum Gasteiger partial charge on any atom is -0.368 e. The highest BCUT2D eigenvalue weighted by Crippen LogP contribution is 2.29. The normalized spacial score (nSPS) is 13.1. The van der Waals surface area contributed by atoms with Crippen LogP contribution in [0.25, 0.3) is 11.1 Å². The fraction of sp³-hybridized carbons (Fsp3) is 0.217. The van der Waals surface area contributed by atoms with E-state index >= 15 is 0 Å². The Hall–Kier alpha value is -7.09. The number of primary amides is 1. The van der Waals surface area contributed by atoms with Crippen molar-refractivity contribution in [2.75, 3.05) is 0 Å². The number of amides is 5. The Kier molecular flexibility index (Phi) is 15.1. The van der Waals surface area contributed by atoms with Crippen molar-refractivity contribution in [1.29, 1.82) is 0 Å². The number of benzene rings is 5. The molecule has 4 unspecified atom stereocenters. The Morgan fingerprint density at radius 1 is 0.517 bits per heavy atom. The standard InChI is InChI=1S/C46H44F3N5O6/c1-29(51-43(58)38(26-30-11-5-2-6-12-30)52-40(55)28-31-13-7-3-8-14-31)41(56)45(60)54-39(27-33-19-23-36(24-20-33)46(47,48)49)44(59)53-37(42(50)57)25-32-17-21-35(22-18-32)34-15-9-4-10-16-34/h2-24,29,37-39H,25-28H2,1H3,(H2,50,57)(H,51,58)(H,52,55)(H,53,59)(H,54,60). The van der Waals surface area contributed by atoms with E-state index in [1.807, 2.05) is 42.5 Å². The van der Waals surface area contributed by atoms with Gasteiger partial charge in [-0.3, -0.25) is 28.8 Å². The summed E-state index contributed by atoms with van der Waals surface area (Å²) in [5.74, 6) is -5.51. The molecule has 5 rings (SSSR count). The molecule has 4 atom stereocenters. The molecule has 0 radical (unpaired) electrons. The zero-order valence-corrected chi connectivity index (χ0v) is 32.6. The molecule has 0 saturated heterocycles. The van der Waals surface area contributed by atoms with Gasteiger partial charge in [-0.1, -0.05) is 127 Å². The number of carbonyl (C=O) groups is 6. The van der Waals surface area contributed by atoms with Gasteiger partial charge in [-0.05, 0) is 52.4 Å². The Morgan fingerprint density at radius 2 is 0.950 bits per heavy atom. The monoisotopic (exact) mass is 819 g/mol. The topological polar surface area (TPSA) is 177 Å². The van der Waals surface area contributed by atoms with Crippen LogP contribution in [0.2, 0.25) is 0 Å². The first-order valence-electron chi connectivity index (χ1n) is 19.1. The lowest BCUT2D eigenvalue weighted by Crippen LogP contribution is -2.57. The molecule has 5 aromatic carbocycles. The quantitative estimate of drug-likeness (QED) is 0.0804. The van der Waals surface area contributed by atoms with Gasteiger partial charge in [-0.15, -0.1) is 0 Å². The van der Waals surface area contributed by atoms with Gasteiger partial charge in [0, 0.05) is 19.3 Å². The maximum Gasteiger partial charge on any atom is 0.416 e. The minimum absolute atomic E-state index is 0.0180. The van der Waals surface area contributed by atoms with Crippen molar-refractivity contribution in [2.24, 2.45) is 5.73 Å². The Morgan fingerprint density at radius 3 is 1.48 bits per heavy atom. The summed E-state index contributed by atoms with van der Waals surface area (Å²) < 4.78 is 39.9. The van der Waals surface area contributed by atoms with Gasteiger partial charge in [0.15, 0.2) is 0 Å². The maximum absolute atomic E-state index is 13.8. The Bertz CT molecular complexity index is 2260. The molecule has 60 heavy (non-hydrogen) atoms. The third-order valence-electron chi connectivity index (χ3n) is 9.62. The molecule has 0 heterocycles. The molecule has 5 amide bonds. The average molecular weight is 820 g/mol. The summed E-state index contributed by atoms with van der Waals surface area (Å²) in [4.78, 5) is 79.8. The molecule has 0 aliphatic heterocycles. The van der Waals surface area contributed by atoms with Crippen LogP contribution >= 0.6 is 0 Å². The number of hydrogen-bond acceptors (Lipinski definition) is 6. The number of nitrogens with two attached hydrogens (primary N) is 1. The molecule has 310 valence electrons. The third-order valence-corrected chi connectivity index (χ3v) is 9.62. The molecular formula is C46H44F3N5O6. The van der Waals surface area contributed by atoms with Crippen LogP contribution in [-0.2, 0) is 60.6 Å². The molecule has 0 spiro atoms. The van der Waals surface area contributed by atoms with Gasteiger partial charge in [-0.2, -0.15) is 13.2 Å². The first kappa shape index (κ1) is 44.0. The van der Waals surface area contributed by atoms with Crippen molar-refractivity contribution in [3.8, 4) is 11.1 Å². The summed E-state index contributed by atoms with van der Waals surface area (Å²) in [6, 6.07) is 32.9. The zero-order valence-electron chi connectivity index (χ0n) is 32.6. The molecule has 11 nitrogen and oxygen atoms in total. The summed E-state index contributed by atoms with van der Waals surface area (Å²) in [5.41, 5.74) is 8.87. The molecule has 6 N–H and O–H groups in total. The molecule has 0 fully saturated rings. The molecule has 0 aromatic heterocycles. The molecule has 14 heteroatoms. The largest absolute Gasteiger partial charge is 0.416 e. The maximum atomic E-state index is 13.8. The van der Waals surface area contributed by atoms with Crippen LogP contribution in [0.15, 0.2) is 140 Å². The number of hydrogen-bond donors (Lipinski definition) is 5. The van der Waals surface area contributed by atoms with E-state index in [9.17, 15) is 41.9 Å². The summed E-state index contributed by atoms with van der Waals surface area (Å²) in [6.07, 6.45) is -5.00. The second kappa shape index (κ2) is 20.6. The van der Waals surface area contributed by atoms with Gasteiger partial charge in [-0.25, -0.2) is 0 Å². The van der Waals surface area contributed by atoms with Gasteiger partial charge in [0.1, 0.15) is 18.1 Å². The van der Waals surface area contributed by atoms with Crippen molar-refractivity contribution < 1.29 is 41.9 Å².